The Hall–Kier alpha value is -0.850. The molecule has 1 unspecified atom stereocenters. The number of nitrogens with one attached hydrogen (secondary N) is 2. The molecule has 0 saturated carbocycles. The molecule has 0 bridgehead atoms. The summed E-state index contributed by atoms with van der Waals surface area (Å²) in [6, 6.07) is 0.433. The maximum Gasteiger partial charge on any atom is 0.191 e. The molecule has 0 aromatic rings. The van der Waals surface area contributed by atoms with E-state index < -0.39 is 0 Å². The van der Waals surface area contributed by atoms with E-state index in [4.69, 9.17) is 4.74 Å². The molecule has 0 spiro atoms. The van der Waals surface area contributed by atoms with Crippen LogP contribution in [0.5, 0.6) is 0 Å². The third kappa shape index (κ3) is 12.3. The minimum atomic E-state index is 0.433. The summed E-state index contributed by atoms with van der Waals surface area (Å²) in [4.78, 5) is 9.02. The van der Waals surface area contributed by atoms with Gasteiger partial charge in [0.15, 0.2) is 5.96 Å². The summed E-state index contributed by atoms with van der Waals surface area (Å²) in [5.74, 6) is 0.889. The summed E-state index contributed by atoms with van der Waals surface area (Å²) >= 11 is 0. The summed E-state index contributed by atoms with van der Waals surface area (Å²) in [6.45, 7) is 13.7. The van der Waals surface area contributed by atoms with E-state index in [1.807, 2.05) is 7.05 Å². The van der Waals surface area contributed by atoms with E-state index in [-0.39, 0.29) is 0 Å². The molecule has 0 heterocycles. The van der Waals surface area contributed by atoms with Crippen LogP contribution in [0.3, 0.4) is 0 Å². The molecule has 0 aliphatic carbocycles. The molecule has 0 radical (unpaired) electrons. The van der Waals surface area contributed by atoms with Gasteiger partial charge in [-0.2, -0.15) is 0 Å². The molecular formula is C17H39N5O. The molecule has 23 heavy (non-hydrogen) atoms. The first kappa shape index (κ1) is 22.1. The number of nitrogens with zero attached hydrogens (tertiary/aromatic N) is 3. The number of hydrogen-bond donors (Lipinski definition) is 2. The maximum absolute atomic E-state index is 5.08. The molecule has 1 atom stereocenters. The zero-order valence-electron chi connectivity index (χ0n) is 16.2. The average molecular weight is 330 g/mol. The molecule has 6 heteroatoms. The predicted octanol–water partition coefficient (Wildman–Crippen LogP) is 1.24. The van der Waals surface area contributed by atoms with Gasteiger partial charge in [0.2, 0.25) is 0 Å². The number of methoxy groups -OCH3 is 1. The lowest BCUT2D eigenvalue weighted by Crippen LogP contribution is -2.44. The number of likely N-dealkylation sites (N-methyl/N-ethyl adjacent to an activating group) is 1. The van der Waals surface area contributed by atoms with Crippen molar-refractivity contribution >= 4 is 5.96 Å². The van der Waals surface area contributed by atoms with Crippen LogP contribution in [0.25, 0.3) is 0 Å². The third-order valence-electron chi connectivity index (χ3n) is 4.08. The van der Waals surface area contributed by atoms with E-state index >= 15 is 0 Å². The SMILES string of the molecule is CCN(CC)CCCC(C)NC(=NC)NCCN(C)CCOC. The fourth-order valence-corrected chi connectivity index (χ4v) is 2.39. The van der Waals surface area contributed by atoms with E-state index in [1.165, 1.54) is 13.0 Å². The number of hydrogen-bond acceptors (Lipinski definition) is 4. The van der Waals surface area contributed by atoms with Crippen molar-refractivity contribution in [1.29, 1.82) is 0 Å². The largest absolute Gasteiger partial charge is 0.383 e. The number of rotatable bonds is 13. The topological polar surface area (TPSA) is 52.1 Å². The Balaban J connectivity index is 3.86. The average Bonchev–Trinajstić information content (AvgIpc) is 2.55. The van der Waals surface area contributed by atoms with E-state index in [2.05, 4.69) is 53.2 Å². The van der Waals surface area contributed by atoms with Crippen LogP contribution in [0.1, 0.15) is 33.6 Å². The first-order chi connectivity index (χ1) is 11.1. The van der Waals surface area contributed by atoms with Crippen molar-refractivity contribution in [3.05, 3.63) is 0 Å². The molecular weight excluding hydrogens is 290 g/mol. The Morgan fingerprint density at radius 2 is 1.87 bits per heavy atom. The Morgan fingerprint density at radius 1 is 1.17 bits per heavy atom. The van der Waals surface area contributed by atoms with Gasteiger partial charge in [0, 0.05) is 39.8 Å². The lowest BCUT2D eigenvalue weighted by atomic mass is 10.2. The minimum absolute atomic E-state index is 0.433. The molecule has 0 aromatic carbocycles. The smallest absolute Gasteiger partial charge is 0.191 e. The van der Waals surface area contributed by atoms with E-state index in [0.29, 0.717) is 6.04 Å². The second kappa shape index (κ2) is 14.7. The van der Waals surface area contributed by atoms with Crippen molar-refractivity contribution in [2.75, 3.05) is 67.1 Å². The van der Waals surface area contributed by atoms with Gasteiger partial charge in [-0.3, -0.25) is 4.99 Å². The highest BCUT2D eigenvalue weighted by molar-refractivity contribution is 5.79. The van der Waals surface area contributed by atoms with Crippen molar-refractivity contribution in [2.45, 2.75) is 39.7 Å². The normalized spacial score (nSPS) is 13.7. The predicted molar refractivity (Wildman–Crippen MR) is 100 cm³/mol. The van der Waals surface area contributed by atoms with Gasteiger partial charge in [-0.1, -0.05) is 13.8 Å². The first-order valence-electron chi connectivity index (χ1n) is 8.94. The van der Waals surface area contributed by atoms with Crippen LogP contribution < -0.4 is 10.6 Å². The van der Waals surface area contributed by atoms with E-state index in [1.54, 1.807) is 7.11 Å². The highest BCUT2D eigenvalue weighted by Gasteiger charge is 2.06. The van der Waals surface area contributed by atoms with Crippen LogP contribution >= 0.6 is 0 Å². The summed E-state index contributed by atoms with van der Waals surface area (Å²) in [5.41, 5.74) is 0. The zero-order valence-corrected chi connectivity index (χ0v) is 16.2. The van der Waals surface area contributed by atoms with Crippen LogP contribution in [0.2, 0.25) is 0 Å². The monoisotopic (exact) mass is 329 g/mol. The van der Waals surface area contributed by atoms with Gasteiger partial charge < -0.3 is 25.2 Å². The molecule has 0 saturated heterocycles. The van der Waals surface area contributed by atoms with Crippen LogP contribution in [0.4, 0.5) is 0 Å². The lowest BCUT2D eigenvalue weighted by molar-refractivity contribution is 0.162. The van der Waals surface area contributed by atoms with Crippen molar-refractivity contribution in [3.63, 3.8) is 0 Å². The van der Waals surface area contributed by atoms with Gasteiger partial charge in [-0.25, -0.2) is 0 Å². The minimum Gasteiger partial charge on any atom is -0.383 e. The Kier molecular flexibility index (Phi) is 14.2. The fraction of sp³-hybridized carbons (Fsp3) is 0.941. The molecule has 2 N–H and O–H groups in total. The summed E-state index contributed by atoms with van der Waals surface area (Å²) < 4.78 is 5.08. The van der Waals surface area contributed by atoms with Gasteiger partial charge in [-0.15, -0.1) is 0 Å². The molecule has 138 valence electrons. The van der Waals surface area contributed by atoms with Crippen LogP contribution in [0.15, 0.2) is 4.99 Å². The lowest BCUT2D eigenvalue weighted by Gasteiger charge is -2.22. The molecule has 0 rings (SSSR count). The summed E-state index contributed by atoms with van der Waals surface area (Å²) in [6.07, 6.45) is 2.37. The highest BCUT2D eigenvalue weighted by atomic mass is 16.5. The second-order valence-electron chi connectivity index (χ2n) is 6.01. The van der Waals surface area contributed by atoms with Crippen LogP contribution in [-0.4, -0.2) is 88.9 Å². The number of aliphatic imine (C=N–C) groups is 1. The second-order valence-corrected chi connectivity index (χ2v) is 6.01. The van der Waals surface area contributed by atoms with Gasteiger partial charge in [0.1, 0.15) is 0 Å². The molecule has 0 aliphatic heterocycles. The van der Waals surface area contributed by atoms with Crippen molar-refractivity contribution in [3.8, 4) is 0 Å². The van der Waals surface area contributed by atoms with Crippen molar-refractivity contribution in [2.24, 2.45) is 4.99 Å². The quantitative estimate of drug-likeness (QED) is 0.393. The van der Waals surface area contributed by atoms with Crippen LogP contribution in [-0.2, 0) is 4.74 Å². The van der Waals surface area contributed by atoms with Gasteiger partial charge in [0.25, 0.3) is 0 Å². The fourth-order valence-electron chi connectivity index (χ4n) is 2.39. The Morgan fingerprint density at radius 3 is 2.43 bits per heavy atom. The zero-order chi connectivity index (χ0) is 17.5. The molecule has 6 nitrogen and oxygen atoms in total. The van der Waals surface area contributed by atoms with E-state index in [9.17, 15) is 0 Å². The number of guanidine groups is 1. The van der Waals surface area contributed by atoms with Gasteiger partial charge in [0.05, 0.1) is 6.61 Å². The molecule has 0 fully saturated rings. The molecule has 0 aromatic heterocycles. The van der Waals surface area contributed by atoms with Crippen molar-refractivity contribution < 1.29 is 4.74 Å². The van der Waals surface area contributed by atoms with E-state index in [0.717, 1.165) is 51.7 Å². The Bertz CT molecular complexity index is 295. The summed E-state index contributed by atoms with van der Waals surface area (Å²) in [5, 5.41) is 6.85. The van der Waals surface area contributed by atoms with Crippen LogP contribution in [0, 0.1) is 0 Å². The maximum atomic E-state index is 5.08. The van der Waals surface area contributed by atoms with Crippen molar-refractivity contribution in [1.82, 2.24) is 20.4 Å². The highest BCUT2D eigenvalue weighted by Crippen LogP contribution is 1.99. The Labute approximate surface area is 143 Å². The molecule has 0 amide bonds. The number of ether oxygens (including phenoxy) is 1. The summed E-state index contributed by atoms with van der Waals surface area (Å²) in [7, 11) is 5.67. The first-order valence-corrected chi connectivity index (χ1v) is 8.94. The van der Waals surface area contributed by atoms with Gasteiger partial charge in [-0.05, 0) is 46.4 Å². The standard InChI is InChI=1S/C17H39N5O/c1-7-22(8-2)12-9-10-16(3)20-17(18-4)19-11-13-21(5)14-15-23-6/h16H,7-15H2,1-6H3,(H2,18,19,20). The molecule has 0 aliphatic rings. The van der Waals surface area contributed by atoms with Gasteiger partial charge >= 0.3 is 0 Å². The third-order valence-corrected chi connectivity index (χ3v) is 4.08.